The number of amides is 2. The van der Waals surface area contributed by atoms with Gasteiger partial charge >= 0.3 is 5.97 Å². The molecule has 240 valence electrons. The van der Waals surface area contributed by atoms with Crippen molar-refractivity contribution in [2.45, 2.75) is 39.1 Å². The van der Waals surface area contributed by atoms with Crippen molar-refractivity contribution < 1.29 is 38.4 Å². The number of methoxy groups -OCH3 is 2. The Morgan fingerprint density at radius 2 is 1.76 bits per heavy atom. The van der Waals surface area contributed by atoms with Gasteiger partial charge in [-0.1, -0.05) is 67.9 Å². The molecule has 0 unspecified atom stereocenters. The van der Waals surface area contributed by atoms with Crippen LogP contribution in [0.15, 0.2) is 66.7 Å². The maximum atomic E-state index is 14.2. The summed E-state index contributed by atoms with van der Waals surface area (Å²) in [5.41, 5.74) is 1.79. The summed E-state index contributed by atoms with van der Waals surface area (Å²) in [6, 6.07) is 19.6. The molecule has 10 nitrogen and oxygen atoms in total. The molecule has 11 heteroatoms. The number of nitrogens with zero attached hydrogens (tertiary/aromatic N) is 2. The third kappa shape index (κ3) is 8.13. The first-order chi connectivity index (χ1) is 21.5. The first-order valence-electron chi connectivity index (χ1n) is 14.5. The predicted octanol–water partition coefficient (Wildman–Crippen LogP) is 4.79. The van der Waals surface area contributed by atoms with Gasteiger partial charge in [-0.15, -0.1) is 0 Å². The molecule has 0 saturated carbocycles. The Morgan fingerprint density at radius 3 is 2.42 bits per heavy atom. The number of ether oxygens (including phenoxy) is 4. The molecule has 2 amide bonds. The van der Waals surface area contributed by atoms with E-state index in [2.05, 4.69) is 0 Å². The molecule has 0 spiro atoms. The minimum atomic E-state index is -1.26. The normalized spacial score (nSPS) is 16.4. The maximum absolute atomic E-state index is 14.2. The van der Waals surface area contributed by atoms with Gasteiger partial charge in [0.05, 0.1) is 20.6 Å². The lowest BCUT2D eigenvalue weighted by atomic mass is 9.92. The molecule has 0 saturated heterocycles. The monoisotopic (exact) mass is 638 g/mol. The summed E-state index contributed by atoms with van der Waals surface area (Å²) < 4.78 is 23.1. The smallest absolute Gasteiger partial charge is 0.325 e. The van der Waals surface area contributed by atoms with Crippen molar-refractivity contribution in [1.82, 2.24) is 4.90 Å². The third-order valence-corrected chi connectivity index (χ3v) is 7.76. The Balaban J connectivity index is 1.67. The highest BCUT2D eigenvalue weighted by atomic mass is 35.5. The van der Waals surface area contributed by atoms with E-state index in [-0.39, 0.29) is 32.7 Å². The van der Waals surface area contributed by atoms with Gasteiger partial charge in [-0.3, -0.25) is 14.4 Å². The largest absolute Gasteiger partial charge is 0.493 e. The quantitative estimate of drug-likeness (QED) is 0.282. The molecule has 3 aromatic rings. The lowest BCUT2D eigenvalue weighted by molar-refractivity contribution is -0.151. The van der Waals surface area contributed by atoms with E-state index in [9.17, 15) is 19.5 Å². The molecular weight excluding hydrogens is 600 g/mol. The van der Waals surface area contributed by atoms with Crippen LogP contribution in [0.1, 0.15) is 43.1 Å². The van der Waals surface area contributed by atoms with Crippen molar-refractivity contribution >= 4 is 35.1 Å². The molecule has 0 radical (unpaired) electrons. The molecule has 1 aliphatic rings. The Morgan fingerprint density at radius 1 is 1.02 bits per heavy atom. The van der Waals surface area contributed by atoms with Crippen molar-refractivity contribution in [3.05, 3.63) is 88.4 Å². The number of esters is 1. The number of benzene rings is 3. The number of fused-ring (bicyclic) bond motifs is 1. The number of hydrogen-bond donors (Lipinski definition) is 1. The molecule has 0 bridgehead atoms. The molecule has 1 heterocycles. The van der Waals surface area contributed by atoms with Crippen molar-refractivity contribution in [3.8, 4) is 11.5 Å². The SMILES string of the molecule is COc1cccc([C@H]2O[C@H](CC(=O)N(C)CC(=O)OCc3ccccc3)C(=O)N(CC(C)(C)CO)c3ccc(Cl)cc32)c1OC. The van der Waals surface area contributed by atoms with Gasteiger partial charge in [0, 0.05) is 47.5 Å². The number of rotatable bonds is 12. The summed E-state index contributed by atoms with van der Waals surface area (Å²) in [5, 5.41) is 10.5. The van der Waals surface area contributed by atoms with Gasteiger partial charge in [-0.05, 0) is 29.8 Å². The predicted molar refractivity (Wildman–Crippen MR) is 169 cm³/mol. The summed E-state index contributed by atoms with van der Waals surface area (Å²) >= 11 is 6.48. The summed E-state index contributed by atoms with van der Waals surface area (Å²) in [7, 11) is 4.49. The highest BCUT2D eigenvalue weighted by molar-refractivity contribution is 6.30. The van der Waals surface area contributed by atoms with Crippen LogP contribution in [0.3, 0.4) is 0 Å². The number of halogens is 1. The van der Waals surface area contributed by atoms with Crippen LogP contribution in [0.5, 0.6) is 11.5 Å². The zero-order valence-corrected chi connectivity index (χ0v) is 26.9. The van der Waals surface area contributed by atoms with E-state index in [0.29, 0.717) is 33.3 Å². The minimum Gasteiger partial charge on any atom is -0.493 e. The summed E-state index contributed by atoms with van der Waals surface area (Å²) in [5.74, 6) is -0.701. The topological polar surface area (TPSA) is 115 Å². The van der Waals surface area contributed by atoms with Crippen LogP contribution < -0.4 is 14.4 Å². The number of para-hydroxylation sites is 1. The van der Waals surface area contributed by atoms with Gasteiger partial charge in [0.1, 0.15) is 25.4 Å². The number of aliphatic hydroxyl groups excluding tert-OH is 1. The van der Waals surface area contributed by atoms with Crippen LogP contribution in [0, 0.1) is 5.41 Å². The second kappa shape index (κ2) is 14.8. The van der Waals surface area contributed by atoms with Crippen LogP contribution >= 0.6 is 11.6 Å². The van der Waals surface area contributed by atoms with Gasteiger partial charge in [0.25, 0.3) is 5.91 Å². The van der Waals surface area contributed by atoms with Gasteiger partial charge < -0.3 is 33.9 Å². The number of likely N-dealkylation sites (N-methyl/N-ethyl adjacent to an activating group) is 1. The molecule has 2 atom stereocenters. The van der Waals surface area contributed by atoms with E-state index in [4.69, 9.17) is 30.5 Å². The number of hydrogen-bond acceptors (Lipinski definition) is 8. The van der Waals surface area contributed by atoms with Gasteiger partial charge in [-0.2, -0.15) is 0 Å². The zero-order valence-electron chi connectivity index (χ0n) is 26.1. The molecule has 45 heavy (non-hydrogen) atoms. The third-order valence-electron chi connectivity index (χ3n) is 7.53. The average Bonchev–Trinajstić information content (AvgIpc) is 3.13. The fourth-order valence-corrected chi connectivity index (χ4v) is 5.27. The second-order valence-corrected chi connectivity index (χ2v) is 12.1. The summed E-state index contributed by atoms with van der Waals surface area (Å²) in [6.45, 7) is 3.38. The van der Waals surface area contributed by atoms with E-state index in [1.165, 1.54) is 31.1 Å². The van der Waals surface area contributed by atoms with Crippen LogP contribution in [0.2, 0.25) is 5.02 Å². The average molecular weight is 639 g/mol. The van der Waals surface area contributed by atoms with Crippen LogP contribution in [0.25, 0.3) is 0 Å². The minimum absolute atomic E-state index is 0.0758. The standard InChI is InChI=1S/C34H39ClN2O8/c1-34(2,21-38)20-37-26-15-14-23(35)16-25(26)31(24-12-9-13-27(42-4)32(24)43-5)45-28(33(37)41)17-29(39)36(3)18-30(40)44-19-22-10-7-6-8-11-22/h6-16,28,31,38H,17-21H2,1-5H3/t28-,31-/m1/s1. The first-order valence-corrected chi connectivity index (χ1v) is 14.9. The van der Waals surface area contributed by atoms with Crippen LogP contribution in [0.4, 0.5) is 5.69 Å². The Labute approximate surface area is 268 Å². The van der Waals surface area contributed by atoms with Crippen molar-refractivity contribution in [2.75, 3.05) is 45.9 Å². The fraction of sp³-hybridized carbons (Fsp3) is 0.382. The molecule has 0 aromatic heterocycles. The number of aliphatic hydroxyl groups is 1. The van der Waals surface area contributed by atoms with Crippen LogP contribution in [-0.2, 0) is 30.5 Å². The highest BCUT2D eigenvalue weighted by Gasteiger charge is 2.41. The lowest BCUT2D eigenvalue weighted by Gasteiger charge is -2.32. The van der Waals surface area contributed by atoms with Gasteiger partial charge in [0.2, 0.25) is 5.91 Å². The van der Waals surface area contributed by atoms with E-state index in [1.807, 2.05) is 44.2 Å². The maximum Gasteiger partial charge on any atom is 0.325 e. The summed E-state index contributed by atoms with van der Waals surface area (Å²) in [6.07, 6.45) is -2.52. The Bertz CT molecular complexity index is 1510. The van der Waals surface area contributed by atoms with Gasteiger partial charge in [0.15, 0.2) is 11.5 Å². The molecule has 1 aliphatic heterocycles. The van der Waals surface area contributed by atoms with E-state index in [1.54, 1.807) is 36.4 Å². The highest BCUT2D eigenvalue weighted by Crippen LogP contribution is 2.45. The number of carbonyl (C=O) groups excluding carboxylic acids is 3. The van der Waals surface area contributed by atoms with Crippen molar-refractivity contribution in [2.24, 2.45) is 5.41 Å². The molecule has 0 aliphatic carbocycles. The van der Waals surface area contributed by atoms with Crippen LogP contribution in [-0.4, -0.2) is 74.9 Å². The lowest BCUT2D eigenvalue weighted by Crippen LogP contribution is -2.47. The number of carbonyl (C=O) groups is 3. The molecule has 1 N–H and O–H groups in total. The molecule has 0 fully saturated rings. The van der Waals surface area contributed by atoms with E-state index < -0.39 is 35.4 Å². The number of anilines is 1. The van der Waals surface area contributed by atoms with Crippen molar-refractivity contribution in [3.63, 3.8) is 0 Å². The molecule has 4 rings (SSSR count). The molecule has 3 aromatic carbocycles. The van der Waals surface area contributed by atoms with Gasteiger partial charge in [-0.25, -0.2) is 0 Å². The van der Waals surface area contributed by atoms with E-state index in [0.717, 1.165) is 5.56 Å². The fourth-order valence-electron chi connectivity index (χ4n) is 5.09. The van der Waals surface area contributed by atoms with Crippen molar-refractivity contribution in [1.29, 1.82) is 0 Å². The Kier molecular flexibility index (Phi) is 11.1. The molecular formula is C34H39ClN2O8. The second-order valence-electron chi connectivity index (χ2n) is 11.6. The first kappa shape index (κ1) is 33.8. The summed E-state index contributed by atoms with van der Waals surface area (Å²) in [4.78, 5) is 43.0. The zero-order chi connectivity index (χ0) is 32.7. The van der Waals surface area contributed by atoms with E-state index >= 15 is 0 Å². The Hall–Kier alpha value is -4.12.